The molecule has 25 heavy (non-hydrogen) atoms. The van der Waals surface area contributed by atoms with Crippen LogP contribution in [-0.4, -0.2) is 72.7 Å². The molecule has 2 rings (SSSR count). The molecule has 2 saturated heterocycles. The largest absolute Gasteiger partial charge is 0.340 e. The summed E-state index contributed by atoms with van der Waals surface area (Å²) in [5.41, 5.74) is -0.566. The molecule has 2 heterocycles. The average Bonchev–Trinajstić information content (AvgIpc) is 3.01. The van der Waals surface area contributed by atoms with Crippen molar-refractivity contribution >= 4 is 39.2 Å². The lowest BCUT2D eigenvalue weighted by molar-refractivity contribution is -0.137. The fraction of sp³-hybridized carbons (Fsp3) is 0.688. The van der Waals surface area contributed by atoms with Crippen molar-refractivity contribution in [2.75, 3.05) is 30.9 Å². The van der Waals surface area contributed by atoms with Gasteiger partial charge in [-0.1, -0.05) is 32.5 Å². The van der Waals surface area contributed by atoms with Crippen molar-refractivity contribution in [3.63, 3.8) is 0 Å². The Morgan fingerprint density at radius 3 is 2.52 bits per heavy atom. The molecule has 0 radical (unpaired) electrons. The molecule has 0 N–H and O–H groups in total. The highest BCUT2D eigenvalue weighted by Gasteiger charge is 2.35. The van der Waals surface area contributed by atoms with E-state index in [0.717, 1.165) is 0 Å². The summed E-state index contributed by atoms with van der Waals surface area (Å²) in [6, 6.07) is -0.355. The van der Waals surface area contributed by atoms with Crippen molar-refractivity contribution in [2.24, 2.45) is 5.41 Å². The van der Waals surface area contributed by atoms with Crippen LogP contribution < -0.4 is 0 Å². The summed E-state index contributed by atoms with van der Waals surface area (Å²) in [5, 5.41) is 0.478. The maximum Gasteiger partial charge on any atom is 0.242 e. The normalized spacial score (nSPS) is 24.8. The van der Waals surface area contributed by atoms with Crippen molar-refractivity contribution in [1.82, 2.24) is 9.80 Å². The fourth-order valence-electron chi connectivity index (χ4n) is 2.56. The number of likely N-dealkylation sites (N-methyl/N-ethyl adjacent to an activating group) is 1. The standard InChI is InChI=1S/C16H24N2O5S2/c1-16(2,3)12(19)7-15-18(14(21)9-24-15)8-13(20)17(4)11-5-6-25(22,23)10-11/h7,11H,5-6,8-10H2,1-4H3/b15-7-/t11-/m1/s1. The summed E-state index contributed by atoms with van der Waals surface area (Å²) >= 11 is 1.24. The lowest BCUT2D eigenvalue weighted by Gasteiger charge is -2.26. The van der Waals surface area contributed by atoms with Crippen LogP contribution in [0.2, 0.25) is 0 Å². The zero-order chi connectivity index (χ0) is 19.0. The lowest BCUT2D eigenvalue weighted by Crippen LogP contribution is -2.44. The van der Waals surface area contributed by atoms with E-state index in [-0.39, 0.29) is 47.4 Å². The minimum Gasteiger partial charge on any atom is -0.340 e. The number of nitrogens with zero attached hydrogens (tertiary/aromatic N) is 2. The van der Waals surface area contributed by atoms with Gasteiger partial charge in [-0.3, -0.25) is 19.3 Å². The van der Waals surface area contributed by atoms with Gasteiger partial charge in [-0.15, -0.1) is 0 Å². The van der Waals surface area contributed by atoms with E-state index >= 15 is 0 Å². The van der Waals surface area contributed by atoms with Crippen molar-refractivity contribution < 1.29 is 22.8 Å². The van der Waals surface area contributed by atoms with E-state index in [1.807, 2.05) is 0 Å². The number of sulfone groups is 1. The molecule has 0 aromatic carbocycles. The maximum absolute atomic E-state index is 12.5. The maximum atomic E-state index is 12.5. The molecule has 7 nitrogen and oxygen atoms in total. The molecule has 140 valence electrons. The van der Waals surface area contributed by atoms with E-state index in [1.165, 1.54) is 27.6 Å². The van der Waals surface area contributed by atoms with E-state index in [2.05, 4.69) is 0 Å². The van der Waals surface area contributed by atoms with Crippen molar-refractivity contribution in [3.8, 4) is 0 Å². The van der Waals surface area contributed by atoms with E-state index in [0.29, 0.717) is 11.4 Å². The summed E-state index contributed by atoms with van der Waals surface area (Å²) in [6.07, 6.45) is 1.83. The third kappa shape index (κ3) is 4.84. The molecule has 0 unspecified atom stereocenters. The second kappa shape index (κ2) is 7.11. The molecule has 2 aliphatic rings. The van der Waals surface area contributed by atoms with Crippen LogP contribution in [0.4, 0.5) is 0 Å². The third-order valence-electron chi connectivity index (χ3n) is 4.35. The van der Waals surface area contributed by atoms with Gasteiger partial charge < -0.3 is 4.90 Å². The van der Waals surface area contributed by atoms with Gasteiger partial charge in [0.15, 0.2) is 15.6 Å². The van der Waals surface area contributed by atoms with Crippen molar-refractivity contribution in [1.29, 1.82) is 0 Å². The summed E-state index contributed by atoms with van der Waals surface area (Å²) in [7, 11) is -1.53. The number of allylic oxidation sites excluding steroid dienone is 1. The first-order chi connectivity index (χ1) is 11.4. The molecule has 0 spiro atoms. The number of ketones is 1. The quantitative estimate of drug-likeness (QED) is 0.657. The minimum atomic E-state index is -3.09. The van der Waals surface area contributed by atoms with Gasteiger partial charge in [0, 0.05) is 24.6 Å². The van der Waals surface area contributed by atoms with Crippen LogP contribution in [0.25, 0.3) is 0 Å². The van der Waals surface area contributed by atoms with Crippen LogP contribution in [0.15, 0.2) is 11.1 Å². The number of hydrogen-bond donors (Lipinski definition) is 0. The van der Waals surface area contributed by atoms with Gasteiger partial charge in [-0.05, 0) is 6.42 Å². The fourth-order valence-corrected chi connectivity index (χ4v) is 5.27. The molecule has 1 atom stereocenters. The van der Waals surface area contributed by atoms with Gasteiger partial charge in [0.1, 0.15) is 6.54 Å². The predicted molar refractivity (Wildman–Crippen MR) is 96.5 cm³/mol. The van der Waals surface area contributed by atoms with Crippen LogP contribution in [-0.2, 0) is 24.2 Å². The van der Waals surface area contributed by atoms with Crippen LogP contribution >= 0.6 is 11.8 Å². The minimum absolute atomic E-state index is 0.0385. The Balaban J connectivity index is 2.08. The Kier molecular flexibility index (Phi) is 5.68. The molecule has 0 aromatic rings. The van der Waals surface area contributed by atoms with Crippen molar-refractivity contribution in [2.45, 2.75) is 33.2 Å². The monoisotopic (exact) mass is 388 g/mol. The van der Waals surface area contributed by atoms with Gasteiger partial charge >= 0.3 is 0 Å². The molecular formula is C16H24N2O5S2. The lowest BCUT2D eigenvalue weighted by atomic mass is 9.91. The molecule has 0 bridgehead atoms. The highest BCUT2D eigenvalue weighted by molar-refractivity contribution is 8.04. The third-order valence-corrected chi connectivity index (χ3v) is 7.12. The van der Waals surface area contributed by atoms with Crippen molar-refractivity contribution in [3.05, 3.63) is 11.1 Å². The topological polar surface area (TPSA) is 91.8 Å². The highest BCUT2D eigenvalue weighted by Crippen LogP contribution is 2.30. The van der Waals surface area contributed by atoms with E-state index in [4.69, 9.17) is 0 Å². The van der Waals surface area contributed by atoms with Crippen LogP contribution in [0.1, 0.15) is 27.2 Å². The summed E-state index contributed by atoms with van der Waals surface area (Å²) in [6.45, 7) is 5.19. The molecule has 0 saturated carbocycles. The number of amides is 2. The Hall–Kier alpha value is -1.35. The predicted octanol–water partition coefficient (Wildman–Crippen LogP) is 0.664. The Morgan fingerprint density at radius 1 is 1.36 bits per heavy atom. The van der Waals surface area contributed by atoms with Gasteiger partial charge in [0.05, 0.1) is 22.3 Å². The summed E-state index contributed by atoms with van der Waals surface area (Å²) in [5.74, 6) is -0.427. The SMILES string of the molecule is CN(C(=O)CN1C(=O)CS/C1=C\C(=O)C(C)(C)C)[C@@H]1CCS(=O)(=O)C1. The van der Waals surface area contributed by atoms with Crippen LogP contribution in [0.5, 0.6) is 0 Å². The second-order valence-corrected chi connectivity index (χ2v) is 10.7. The summed E-state index contributed by atoms with van der Waals surface area (Å²) in [4.78, 5) is 39.5. The number of carbonyl (C=O) groups excluding carboxylic acids is 3. The number of hydrogen-bond acceptors (Lipinski definition) is 6. The van der Waals surface area contributed by atoms with Gasteiger partial charge in [-0.25, -0.2) is 8.42 Å². The second-order valence-electron chi connectivity index (χ2n) is 7.43. The molecule has 2 amide bonds. The average molecular weight is 389 g/mol. The van der Waals surface area contributed by atoms with Gasteiger partial charge in [0.2, 0.25) is 11.8 Å². The first-order valence-corrected chi connectivity index (χ1v) is 10.9. The molecular weight excluding hydrogens is 364 g/mol. The zero-order valence-corrected chi connectivity index (χ0v) is 16.6. The molecule has 9 heteroatoms. The van der Waals surface area contributed by atoms with Gasteiger partial charge in [-0.2, -0.15) is 0 Å². The summed E-state index contributed by atoms with van der Waals surface area (Å²) < 4.78 is 23.2. The molecule has 0 aliphatic carbocycles. The van der Waals surface area contributed by atoms with E-state index in [1.54, 1.807) is 27.8 Å². The number of thioether (sulfide) groups is 1. The first kappa shape index (κ1) is 20.0. The van der Waals surface area contributed by atoms with E-state index in [9.17, 15) is 22.8 Å². The highest BCUT2D eigenvalue weighted by atomic mass is 32.2. The first-order valence-electron chi connectivity index (χ1n) is 8.06. The number of carbonyl (C=O) groups is 3. The Morgan fingerprint density at radius 2 is 2.00 bits per heavy atom. The Bertz CT molecular complexity index is 721. The Labute approximate surface area is 152 Å². The smallest absolute Gasteiger partial charge is 0.242 e. The molecule has 2 fully saturated rings. The zero-order valence-electron chi connectivity index (χ0n) is 14.9. The molecule has 2 aliphatic heterocycles. The van der Waals surface area contributed by atoms with Crippen LogP contribution in [0.3, 0.4) is 0 Å². The van der Waals surface area contributed by atoms with E-state index < -0.39 is 15.3 Å². The van der Waals surface area contributed by atoms with Gasteiger partial charge in [0.25, 0.3) is 0 Å². The number of rotatable bonds is 4. The van der Waals surface area contributed by atoms with Crippen LogP contribution in [0, 0.1) is 5.41 Å². The molecule has 0 aromatic heterocycles.